The summed E-state index contributed by atoms with van der Waals surface area (Å²) >= 11 is 0. The number of carbonyl (C=O) groups excluding carboxylic acids is 2. The number of nitrogens with zero attached hydrogens (tertiary/aromatic N) is 2. The highest BCUT2D eigenvalue weighted by atomic mass is 16.5. The Morgan fingerprint density at radius 1 is 1.19 bits per heavy atom. The monoisotopic (exact) mass is 429 g/mol. The summed E-state index contributed by atoms with van der Waals surface area (Å²) in [7, 11) is 0. The van der Waals surface area contributed by atoms with E-state index in [9.17, 15) is 14.9 Å². The topological polar surface area (TPSA) is 106 Å². The van der Waals surface area contributed by atoms with E-state index in [1.54, 1.807) is 43.9 Å². The zero-order valence-corrected chi connectivity index (χ0v) is 18.1. The van der Waals surface area contributed by atoms with Crippen molar-refractivity contribution in [3.63, 3.8) is 0 Å². The number of hydrogen-bond acceptors (Lipinski definition) is 6. The molecule has 2 aliphatic rings. The average Bonchev–Trinajstić information content (AvgIpc) is 2.98. The van der Waals surface area contributed by atoms with Crippen molar-refractivity contribution in [2.75, 3.05) is 4.90 Å². The Bertz CT molecular complexity index is 1210. The summed E-state index contributed by atoms with van der Waals surface area (Å²) < 4.78 is 11.0. The number of ether oxygens (including phenoxy) is 2. The molecule has 2 aromatic carbocycles. The maximum absolute atomic E-state index is 14.2. The van der Waals surface area contributed by atoms with E-state index in [-0.39, 0.29) is 29.3 Å². The predicted octanol–water partition coefficient (Wildman–Crippen LogP) is 3.42. The van der Waals surface area contributed by atoms with E-state index in [0.29, 0.717) is 11.3 Å². The zero-order valence-electron chi connectivity index (χ0n) is 18.1. The van der Waals surface area contributed by atoms with Crippen LogP contribution < -0.4 is 10.6 Å². The van der Waals surface area contributed by atoms with Gasteiger partial charge in [-0.25, -0.2) is 4.79 Å². The molecule has 2 N–H and O–H groups in total. The van der Waals surface area contributed by atoms with Gasteiger partial charge in [-0.3, -0.25) is 4.79 Å². The fourth-order valence-electron chi connectivity index (χ4n) is 4.41. The van der Waals surface area contributed by atoms with Gasteiger partial charge in [0.1, 0.15) is 23.0 Å². The maximum Gasteiger partial charge on any atom is 0.339 e. The summed E-state index contributed by atoms with van der Waals surface area (Å²) in [6.07, 6.45) is -0.430. The molecule has 2 aliphatic heterocycles. The Labute approximate surface area is 186 Å². The minimum absolute atomic E-state index is 0.0232. The number of carbonyl (C=O) groups is 2. The molecule has 2 heterocycles. The molecular weight excluding hydrogens is 406 g/mol. The Morgan fingerprint density at radius 2 is 1.84 bits per heavy atom. The second kappa shape index (κ2) is 7.89. The zero-order chi connectivity index (χ0) is 23.0. The number of benzene rings is 2. The van der Waals surface area contributed by atoms with Crippen LogP contribution in [0.4, 0.5) is 5.69 Å². The van der Waals surface area contributed by atoms with Crippen LogP contribution in [0, 0.1) is 11.3 Å². The molecule has 7 heteroatoms. The molecule has 0 unspecified atom stereocenters. The van der Waals surface area contributed by atoms with E-state index >= 15 is 0 Å². The highest BCUT2D eigenvalue weighted by Crippen LogP contribution is 2.54. The number of rotatable bonds is 4. The highest BCUT2D eigenvalue weighted by Gasteiger charge is 2.62. The van der Waals surface area contributed by atoms with Crippen LogP contribution in [0.5, 0.6) is 0 Å². The molecule has 0 aliphatic carbocycles. The summed E-state index contributed by atoms with van der Waals surface area (Å²) in [6, 6.07) is 18.7. The molecule has 0 saturated heterocycles. The molecule has 0 saturated carbocycles. The molecule has 32 heavy (non-hydrogen) atoms. The first kappa shape index (κ1) is 21.2. The van der Waals surface area contributed by atoms with Gasteiger partial charge in [-0.15, -0.1) is 0 Å². The van der Waals surface area contributed by atoms with Gasteiger partial charge in [0.25, 0.3) is 0 Å². The largest absolute Gasteiger partial charge is 0.459 e. The van der Waals surface area contributed by atoms with E-state index in [0.717, 1.165) is 5.56 Å². The van der Waals surface area contributed by atoms with Crippen LogP contribution in [-0.4, -0.2) is 18.0 Å². The molecule has 162 valence electrons. The molecular formula is C25H23N3O4. The van der Waals surface area contributed by atoms with Crippen molar-refractivity contribution in [1.82, 2.24) is 0 Å². The first-order valence-corrected chi connectivity index (χ1v) is 10.3. The Hall–Kier alpha value is -4.05. The van der Waals surface area contributed by atoms with Crippen molar-refractivity contribution in [2.45, 2.75) is 38.8 Å². The SMILES string of the molecule is CC1=C(C(=O)OC(C)C)[C@]2(C(=O)N(Cc3ccccc3)c3ccccc32)C(C#N)=C(N)O1. The van der Waals surface area contributed by atoms with E-state index in [4.69, 9.17) is 15.2 Å². The summed E-state index contributed by atoms with van der Waals surface area (Å²) in [6.45, 7) is 5.25. The quantitative estimate of drug-likeness (QED) is 0.747. The smallest absolute Gasteiger partial charge is 0.339 e. The van der Waals surface area contributed by atoms with E-state index in [1.807, 2.05) is 42.5 Å². The van der Waals surface area contributed by atoms with Gasteiger partial charge in [-0.2, -0.15) is 5.26 Å². The van der Waals surface area contributed by atoms with E-state index < -0.39 is 23.4 Å². The number of nitriles is 1. The molecule has 1 spiro atoms. The van der Waals surface area contributed by atoms with Crippen molar-refractivity contribution in [2.24, 2.45) is 5.73 Å². The number of allylic oxidation sites excluding steroid dienone is 1. The van der Waals surface area contributed by atoms with Crippen LogP contribution in [0.3, 0.4) is 0 Å². The van der Waals surface area contributed by atoms with Gasteiger partial charge in [0.05, 0.1) is 12.6 Å². The van der Waals surface area contributed by atoms with Crippen LogP contribution in [-0.2, 0) is 31.0 Å². The highest BCUT2D eigenvalue weighted by molar-refractivity contribution is 6.18. The maximum atomic E-state index is 14.2. The van der Waals surface area contributed by atoms with Crippen LogP contribution >= 0.6 is 0 Å². The van der Waals surface area contributed by atoms with Crippen LogP contribution in [0.15, 0.2) is 77.4 Å². The van der Waals surface area contributed by atoms with Crippen molar-refractivity contribution in [3.05, 3.63) is 88.5 Å². The Kier molecular flexibility index (Phi) is 5.23. The molecule has 1 amide bonds. The van der Waals surface area contributed by atoms with Crippen molar-refractivity contribution < 1.29 is 19.1 Å². The molecule has 0 bridgehead atoms. The van der Waals surface area contributed by atoms with E-state index in [1.165, 1.54) is 0 Å². The second-order valence-corrected chi connectivity index (χ2v) is 7.98. The van der Waals surface area contributed by atoms with Crippen molar-refractivity contribution >= 4 is 17.6 Å². The van der Waals surface area contributed by atoms with Crippen LogP contribution in [0.25, 0.3) is 0 Å². The average molecular weight is 429 g/mol. The summed E-state index contributed by atoms with van der Waals surface area (Å²) in [4.78, 5) is 29.0. The molecule has 4 rings (SSSR count). The first-order chi connectivity index (χ1) is 15.3. The van der Waals surface area contributed by atoms with E-state index in [2.05, 4.69) is 0 Å². The van der Waals surface area contributed by atoms with Gasteiger partial charge in [-0.1, -0.05) is 48.5 Å². The second-order valence-electron chi connectivity index (χ2n) is 7.98. The molecule has 1 atom stereocenters. The summed E-state index contributed by atoms with van der Waals surface area (Å²) in [5.74, 6) is -1.23. The number of anilines is 1. The van der Waals surface area contributed by atoms with Gasteiger partial charge < -0.3 is 20.1 Å². The van der Waals surface area contributed by atoms with Gasteiger partial charge in [0, 0.05) is 11.3 Å². The third kappa shape index (κ3) is 3.04. The lowest BCUT2D eigenvalue weighted by atomic mass is 9.68. The van der Waals surface area contributed by atoms with Gasteiger partial charge in [0.2, 0.25) is 11.8 Å². The van der Waals surface area contributed by atoms with Gasteiger partial charge >= 0.3 is 5.97 Å². The number of nitrogens with two attached hydrogens (primary N) is 1. The summed E-state index contributed by atoms with van der Waals surface area (Å²) in [5, 5.41) is 10.1. The number of esters is 1. The standard InChI is InChI=1S/C25H23N3O4/c1-15(2)31-23(29)21-16(3)32-22(27)19(13-26)25(21)18-11-7-8-12-20(18)28(24(25)30)14-17-9-5-4-6-10-17/h4-12,15H,14,27H2,1-3H3/t25-/m1/s1. The minimum Gasteiger partial charge on any atom is -0.459 e. The van der Waals surface area contributed by atoms with Gasteiger partial charge in [-0.05, 0) is 32.4 Å². The molecule has 2 aromatic rings. The van der Waals surface area contributed by atoms with Crippen molar-refractivity contribution in [3.8, 4) is 6.07 Å². The Balaban J connectivity index is 1.99. The third-order valence-electron chi connectivity index (χ3n) is 5.62. The number of amides is 1. The lowest BCUT2D eigenvalue weighted by Crippen LogP contribution is -2.48. The van der Waals surface area contributed by atoms with Crippen LogP contribution in [0.1, 0.15) is 31.9 Å². The summed E-state index contributed by atoms with van der Waals surface area (Å²) in [5.41, 5.74) is 6.22. The normalized spacial score (nSPS) is 19.8. The predicted molar refractivity (Wildman–Crippen MR) is 118 cm³/mol. The molecule has 0 radical (unpaired) electrons. The molecule has 0 fully saturated rings. The number of para-hydroxylation sites is 1. The third-order valence-corrected chi connectivity index (χ3v) is 5.62. The van der Waals surface area contributed by atoms with Crippen LogP contribution in [0.2, 0.25) is 0 Å². The Morgan fingerprint density at radius 3 is 2.50 bits per heavy atom. The lowest BCUT2D eigenvalue weighted by Gasteiger charge is -2.35. The lowest BCUT2D eigenvalue weighted by molar-refractivity contribution is -0.144. The minimum atomic E-state index is -1.74. The number of fused-ring (bicyclic) bond motifs is 2. The van der Waals surface area contributed by atoms with Gasteiger partial charge in [0.15, 0.2) is 5.41 Å². The molecule has 7 nitrogen and oxygen atoms in total. The fraction of sp³-hybridized carbons (Fsp3) is 0.240. The first-order valence-electron chi connectivity index (χ1n) is 10.3. The molecule has 0 aromatic heterocycles. The number of hydrogen-bond donors (Lipinski definition) is 1. The van der Waals surface area contributed by atoms with Crippen molar-refractivity contribution in [1.29, 1.82) is 5.26 Å². The fourth-order valence-corrected chi connectivity index (χ4v) is 4.41.